The molecule has 0 saturated carbocycles. The molecule has 1 amide bonds. The van der Waals surface area contributed by atoms with Crippen molar-refractivity contribution < 1.29 is 9.53 Å². The standard InChI is InChI=1S/C13H15N3O2S/c1-18-7-9-4-2-3-5-11(9)16-12(17)6-10-8-19-13(14)15-10/h2-5,8H,6-7H2,1H3,(H2,14,15)(H,16,17). The van der Waals surface area contributed by atoms with Gasteiger partial charge >= 0.3 is 0 Å². The van der Waals surface area contributed by atoms with Gasteiger partial charge in [-0.15, -0.1) is 11.3 Å². The number of thiazole rings is 1. The lowest BCUT2D eigenvalue weighted by molar-refractivity contribution is -0.115. The van der Waals surface area contributed by atoms with Gasteiger partial charge in [-0.25, -0.2) is 4.98 Å². The van der Waals surface area contributed by atoms with E-state index in [1.54, 1.807) is 12.5 Å². The number of amides is 1. The minimum Gasteiger partial charge on any atom is -0.380 e. The van der Waals surface area contributed by atoms with Crippen molar-refractivity contribution in [1.29, 1.82) is 0 Å². The quantitative estimate of drug-likeness (QED) is 0.877. The van der Waals surface area contributed by atoms with Crippen LogP contribution in [0.25, 0.3) is 0 Å². The number of rotatable bonds is 5. The molecule has 1 heterocycles. The lowest BCUT2D eigenvalue weighted by atomic mass is 10.2. The van der Waals surface area contributed by atoms with Crippen LogP contribution >= 0.6 is 11.3 Å². The number of anilines is 2. The lowest BCUT2D eigenvalue weighted by Gasteiger charge is -2.09. The van der Waals surface area contributed by atoms with Crippen LogP contribution in [-0.2, 0) is 22.6 Å². The maximum atomic E-state index is 11.9. The van der Waals surface area contributed by atoms with Crippen LogP contribution in [-0.4, -0.2) is 18.0 Å². The summed E-state index contributed by atoms with van der Waals surface area (Å²) in [6.45, 7) is 0.458. The molecule has 0 radical (unpaired) electrons. The van der Waals surface area contributed by atoms with Crippen LogP contribution in [0.1, 0.15) is 11.3 Å². The zero-order chi connectivity index (χ0) is 13.7. The molecule has 6 heteroatoms. The predicted molar refractivity (Wildman–Crippen MR) is 76.0 cm³/mol. The second kappa shape index (κ2) is 6.31. The third-order valence-corrected chi connectivity index (χ3v) is 3.23. The normalized spacial score (nSPS) is 10.4. The molecule has 0 bridgehead atoms. The molecule has 0 spiro atoms. The minimum atomic E-state index is -0.117. The molecule has 2 aromatic rings. The predicted octanol–water partition coefficient (Wildman–Crippen LogP) is 2.05. The minimum absolute atomic E-state index is 0.117. The summed E-state index contributed by atoms with van der Waals surface area (Å²) in [6.07, 6.45) is 0.217. The average molecular weight is 277 g/mol. The summed E-state index contributed by atoms with van der Waals surface area (Å²) in [6, 6.07) is 7.54. The first kappa shape index (κ1) is 13.5. The molecule has 0 saturated heterocycles. The third-order valence-electron chi connectivity index (χ3n) is 2.50. The van der Waals surface area contributed by atoms with Crippen LogP contribution in [0.15, 0.2) is 29.6 Å². The number of para-hydroxylation sites is 1. The molecule has 5 nitrogen and oxygen atoms in total. The van der Waals surface area contributed by atoms with Crippen molar-refractivity contribution in [2.24, 2.45) is 0 Å². The van der Waals surface area contributed by atoms with E-state index in [2.05, 4.69) is 10.3 Å². The summed E-state index contributed by atoms with van der Waals surface area (Å²) in [4.78, 5) is 16.0. The molecule has 19 heavy (non-hydrogen) atoms. The number of methoxy groups -OCH3 is 1. The van der Waals surface area contributed by atoms with E-state index < -0.39 is 0 Å². The fourth-order valence-electron chi connectivity index (χ4n) is 1.69. The Labute approximate surface area is 115 Å². The van der Waals surface area contributed by atoms with E-state index in [-0.39, 0.29) is 12.3 Å². The van der Waals surface area contributed by atoms with Crippen LogP contribution in [0.2, 0.25) is 0 Å². The maximum absolute atomic E-state index is 11.9. The zero-order valence-electron chi connectivity index (χ0n) is 10.6. The van der Waals surface area contributed by atoms with E-state index >= 15 is 0 Å². The topological polar surface area (TPSA) is 77.2 Å². The number of benzene rings is 1. The van der Waals surface area contributed by atoms with Crippen molar-refractivity contribution in [3.05, 3.63) is 40.9 Å². The molecule has 0 atom stereocenters. The highest BCUT2D eigenvalue weighted by Crippen LogP contribution is 2.17. The number of carbonyl (C=O) groups is 1. The number of nitrogen functional groups attached to an aromatic ring is 1. The highest BCUT2D eigenvalue weighted by atomic mass is 32.1. The molecule has 2 rings (SSSR count). The first-order valence-electron chi connectivity index (χ1n) is 5.75. The Morgan fingerprint density at radius 1 is 1.47 bits per heavy atom. The van der Waals surface area contributed by atoms with E-state index in [1.807, 2.05) is 24.3 Å². The molecule has 1 aromatic heterocycles. The molecule has 3 N–H and O–H groups in total. The molecule has 1 aromatic carbocycles. The molecular formula is C13H15N3O2S. The van der Waals surface area contributed by atoms with Crippen molar-refractivity contribution in [2.75, 3.05) is 18.2 Å². The number of nitrogens with zero attached hydrogens (tertiary/aromatic N) is 1. The van der Waals surface area contributed by atoms with Gasteiger partial charge in [0.25, 0.3) is 0 Å². The van der Waals surface area contributed by atoms with E-state index in [1.165, 1.54) is 11.3 Å². The molecule has 0 aliphatic carbocycles. The van der Waals surface area contributed by atoms with Gasteiger partial charge in [0, 0.05) is 23.7 Å². The van der Waals surface area contributed by atoms with Gasteiger partial charge in [0.05, 0.1) is 18.7 Å². The fourth-order valence-corrected chi connectivity index (χ4v) is 2.25. The first-order chi connectivity index (χ1) is 9.19. The van der Waals surface area contributed by atoms with Gasteiger partial charge in [0.2, 0.25) is 5.91 Å². The smallest absolute Gasteiger partial charge is 0.230 e. The van der Waals surface area contributed by atoms with Crippen molar-refractivity contribution >= 4 is 28.1 Å². The molecule has 0 aliphatic rings. The lowest BCUT2D eigenvalue weighted by Crippen LogP contribution is -2.16. The highest BCUT2D eigenvalue weighted by molar-refractivity contribution is 7.13. The molecule has 0 fully saturated rings. The number of carbonyl (C=O) groups excluding carboxylic acids is 1. The van der Waals surface area contributed by atoms with Gasteiger partial charge in [-0.05, 0) is 6.07 Å². The Morgan fingerprint density at radius 3 is 2.95 bits per heavy atom. The van der Waals surface area contributed by atoms with Crippen LogP contribution in [0.4, 0.5) is 10.8 Å². The van der Waals surface area contributed by atoms with E-state index in [0.29, 0.717) is 17.4 Å². The van der Waals surface area contributed by atoms with Gasteiger partial charge in [-0.1, -0.05) is 18.2 Å². The van der Waals surface area contributed by atoms with Crippen molar-refractivity contribution in [2.45, 2.75) is 13.0 Å². The van der Waals surface area contributed by atoms with Crippen LogP contribution in [0.3, 0.4) is 0 Å². The Kier molecular flexibility index (Phi) is 4.48. The second-order valence-corrected chi connectivity index (χ2v) is 4.88. The summed E-state index contributed by atoms with van der Waals surface area (Å²) in [5.74, 6) is -0.117. The number of ether oxygens (including phenoxy) is 1. The average Bonchev–Trinajstić information content (AvgIpc) is 2.77. The van der Waals surface area contributed by atoms with Crippen molar-refractivity contribution in [1.82, 2.24) is 4.98 Å². The van der Waals surface area contributed by atoms with Gasteiger partial charge in [0.1, 0.15) is 0 Å². The van der Waals surface area contributed by atoms with Crippen LogP contribution in [0, 0.1) is 0 Å². The van der Waals surface area contributed by atoms with Crippen LogP contribution < -0.4 is 11.1 Å². The number of hydrogen-bond acceptors (Lipinski definition) is 5. The van der Waals surface area contributed by atoms with Gasteiger partial charge < -0.3 is 15.8 Å². The van der Waals surface area contributed by atoms with Gasteiger partial charge in [0.15, 0.2) is 5.13 Å². The summed E-state index contributed by atoms with van der Waals surface area (Å²) in [5.41, 5.74) is 7.92. The summed E-state index contributed by atoms with van der Waals surface area (Å²) < 4.78 is 5.09. The molecule has 0 aliphatic heterocycles. The van der Waals surface area contributed by atoms with E-state index in [4.69, 9.17) is 10.5 Å². The number of hydrogen-bond donors (Lipinski definition) is 2. The van der Waals surface area contributed by atoms with E-state index in [9.17, 15) is 4.79 Å². The molecule has 100 valence electrons. The number of nitrogens with two attached hydrogens (primary N) is 1. The third kappa shape index (κ3) is 3.77. The van der Waals surface area contributed by atoms with Crippen LogP contribution in [0.5, 0.6) is 0 Å². The number of aromatic nitrogens is 1. The summed E-state index contributed by atoms with van der Waals surface area (Å²) in [5, 5.41) is 5.12. The maximum Gasteiger partial charge on any atom is 0.230 e. The monoisotopic (exact) mass is 277 g/mol. The number of nitrogens with one attached hydrogen (secondary N) is 1. The Morgan fingerprint density at radius 2 is 2.26 bits per heavy atom. The van der Waals surface area contributed by atoms with Gasteiger partial charge in [-0.3, -0.25) is 4.79 Å². The largest absolute Gasteiger partial charge is 0.380 e. The Hall–Kier alpha value is -1.92. The SMILES string of the molecule is COCc1ccccc1NC(=O)Cc1csc(N)n1. The molecular weight excluding hydrogens is 262 g/mol. The van der Waals surface area contributed by atoms with E-state index in [0.717, 1.165) is 11.3 Å². The zero-order valence-corrected chi connectivity index (χ0v) is 11.4. The fraction of sp³-hybridized carbons (Fsp3) is 0.231. The Bertz CT molecular complexity index is 569. The Balaban J connectivity index is 2.02. The van der Waals surface area contributed by atoms with Crippen molar-refractivity contribution in [3.8, 4) is 0 Å². The van der Waals surface area contributed by atoms with Gasteiger partial charge in [-0.2, -0.15) is 0 Å². The summed E-state index contributed by atoms with van der Waals surface area (Å²) >= 11 is 1.33. The molecule has 0 unspecified atom stereocenters. The highest BCUT2D eigenvalue weighted by Gasteiger charge is 2.09. The second-order valence-electron chi connectivity index (χ2n) is 3.99. The first-order valence-corrected chi connectivity index (χ1v) is 6.63. The van der Waals surface area contributed by atoms with Crippen molar-refractivity contribution in [3.63, 3.8) is 0 Å². The summed E-state index contributed by atoms with van der Waals surface area (Å²) in [7, 11) is 1.62.